The first-order valence-corrected chi connectivity index (χ1v) is 6.28. The van der Waals surface area contributed by atoms with Gasteiger partial charge in [-0.05, 0) is 0 Å². The van der Waals surface area contributed by atoms with E-state index in [1.807, 2.05) is 0 Å². The molecule has 1 aromatic heterocycles. The molecule has 2 N–H and O–H groups in total. The van der Waals surface area contributed by atoms with Gasteiger partial charge in [0, 0.05) is 25.1 Å². The number of rotatable bonds is 3. The lowest BCUT2D eigenvalue weighted by atomic mass is 10.2. The Morgan fingerprint density at radius 1 is 1.43 bits per heavy atom. The van der Waals surface area contributed by atoms with Crippen LogP contribution in [0.1, 0.15) is 6.42 Å². The Morgan fingerprint density at radius 3 is 2.81 bits per heavy atom. The molecule has 1 fully saturated rings. The molecule has 0 radical (unpaired) electrons. The Balaban J connectivity index is 2.19. The van der Waals surface area contributed by atoms with Crippen LogP contribution in [-0.2, 0) is 20.9 Å². The molecule has 1 aliphatic heterocycles. The number of likely N-dealkylation sites (tertiary alicyclic amines) is 1. The number of amides is 1. The summed E-state index contributed by atoms with van der Waals surface area (Å²) in [6.45, 7) is -0.445. The summed E-state index contributed by atoms with van der Waals surface area (Å²) in [5, 5.41) is 11.8. The maximum atomic E-state index is 12.2. The van der Waals surface area contributed by atoms with Crippen LogP contribution in [-0.4, -0.2) is 57.5 Å². The molecule has 0 spiro atoms. The zero-order valence-corrected chi connectivity index (χ0v) is 11.3. The van der Waals surface area contributed by atoms with E-state index >= 15 is 0 Å². The average Bonchev–Trinajstić information content (AvgIpc) is 2.84. The highest BCUT2D eigenvalue weighted by atomic mass is 16.5. The van der Waals surface area contributed by atoms with Crippen LogP contribution in [0.5, 0.6) is 0 Å². The minimum absolute atomic E-state index is 0.0234. The van der Waals surface area contributed by atoms with Crippen molar-refractivity contribution in [1.82, 2.24) is 14.7 Å². The second-order valence-corrected chi connectivity index (χ2v) is 4.71. The van der Waals surface area contributed by atoms with Crippen molar-refractivity contribution in [1.29, 1.82) is 0 Å². The smallest absolute Gasteiger partial charge is 0.328 e. The minimum Gasteiger partial charge on any atom is -0.467 e. The molecule has 1 aliphatic rings. The number of aromatic amines is 1. The lowest BCUT2D eigenvalue weighted by Crippen LogP contribution is -2.44. The standard InChI is InChI=1S/C12H15N3O6/c1-21-12(20)8-4-7(16)5-14(8)11(19)6-15-10(18)3-2-9(17)13-15/h2-3,7-8,16H,4-6H2,1H3,(H,13,17). The number of nitrogens with one attached hydrogen (secondary N) is 1. The van der Waals surface area contributed by atoms with Gasteiger partial charge in [-0.2, -0.15) is 0 Å². The summed E-state index contributed by atoms with van der Waals surface area (Å²) >= 11 is 0. The number of methoxy groups -OCH3 is 1. The predicted molar refractivity (Wildman–Crippen MR) is 69.5 cm³/mol. The molecule has 0 bridgehead atoms. The van der Waals surface area contributed by atoms with Crippen molar-refractivity contribution >= 4 is 11.9 Å². The zero-order valence-electron chi connectivity index (χ0n) is 11.3. The van der Waals surface area contributed by atoms with Crippen molar-refractivity contribution in [2.75, 3.05) is 13.7 Å². The van der Waals surface area contributed by atoms with Gasteiger partial charge < -0.3 is 14.7 Å². The van der Waals surface area contributed by atoms with E-state index in [9.17, 15) is 24.3 Å². The topological polar surface area (TPSA) is 122 Å². The quantitative estimate of drug-likeness (QED) is 0.604. The van der Waals surface area contributed by atoms with Gasteiger partial charge >= 0.3 is 5.97 Å². The van der Waals surface area contributed by atoms with Crippen LogP contribution < -0.4 is 11.1 Å². The number of H-pyrrole nitrogens is 1. The number of carbonyl (C=O) groups excluding carboxylic acids is 2. The molecule has 0 aromatic carbocycles. The minimum atomic E-state index is -0.886. The summed E-state index contributed by atoms with van der Waals surface area (Å²) in [7, 11) is 1.19. The van der Waals surface area contributed by atoms with Crippen LogP contribution in [0.4, 0.5) is 0 Å². The van der Waals surface area contributed by atoms with Gasteiger partial charge in [0.25, 0.3) is 11.1 Å². The van der Waals surface area contributed by atoms with Gasteiger partial charge in [-0.15, -0.1) is 0 Å². The molecule has 2 rings (SSSR count). The molecule has 114 valence electrons. The Bertz CT molecular complexity index is 663. The Labute approximate surface area is 118 Å². The van der Waals surface area contributed by atoms with Gasteiger partial charge in [-0.1, -0.05) is 0 Å². The van der Waals surface area contributed by atoms with E-state index in [0.29, 0.717) is 0 Å². The third kappa shape index (κ3) is 3.19. The van der Waals surface area contributed by atoms with Gasteiger partial charge in [0.05, 0.1) is 13.2 Å². The number of aromatic nitrogens is 2. The summed E-state index contributed by atoms with van der Waals surface area (Å²) in [6.07, 6.45) is -0.747. The second kappa shape index (κ2) is 5.92. The highest BCUT2D eigenvalue weighted by Crippen LogP contribution is 2.19. The third-order valence-corrected chi connectivity index (χ3v) is 3.25. The number of aliphatic hydroxyl groups is 1. The van der Waals surface area contributed by atoms with Crippen molar-refractivity contribution in [3.63, 3.8) is 0 Å². The largest absolute Gasteiger partial charge is 0.467 e. The number of esters is 1. The van der Waals surface area contributed by atoms with Crippen molar-refractivity contribution in [3.8, 4) is 0 Å². The van der Waals surface area contributed by atoms with E-state index in [2.05, 4.69) is 9.84 Å². The predicted octanol–water partition coefficient (Wildman–Crippen LogP) is -2.33. The van der Waals surface area contributed by atoms with E-state index in [-0.39, 0.29) is 13.0 Å². The summed E-state index contributed by atoms with van der Waals surface area (Å²) in [5.41, 5.74) is -1.06. The maximum Gasteiger partial charge on any atom is 0.328 e. The van der Waals surface area contributed by atoms with Gasteiger partial charge in [-0.25, -0.2) is 9.48 Å². The number of nitrogens with zero attached hydrogens (tertiary/aromatic N) is 2. The highest BCUT2D eigenvalue weighted by molar-refractivity contribution is 5.85. The lowest BCUT2D eigenvalue weighted by Gasteiger charge is -2.22. The zero-order chi connectivity index (χ0) is 15.6. The molecular weight excluding hydrogens is 282 g/mol. The van der Waals surface area contributed by atoms with Crippen molar-refractivity contribution in [3.05, 3.63) is 32.8 Å². The van der Waals surface area contributed by atoms with Crippen molar-refractivity contribution < 1.29 is 19.4 Å². The summed E-state index contributed by atoms with van der Waals surface area (Å²) < 4.78 is 5.44. The molecule has 2 atom stereocenters. The lowest BCUT2D eigenvalue weighted by molar-refractivity contribution is -0.151. The van der Waals surface area contributed by atoms with Crippen LogP contribution in [0.2, 0.25) is 0 Å². The molecule has 9 nitrogen and oxygen atoms in total. The fourth-order valence-electron chi connectivity index (χ4n) is 2.25. The van der Waals surface area contributed by atoms with Crippen molar-refractivity contribution in [2.24, 2.45) is 0 Å². The average molecular weight is 297 g/mol. The summed E-state index contributed by atoms with van der Waals surface area (Å²) in [5.74, 6) is -1.19. The van der Waals surface area contributed by atoms with Gasteiger partial charge in [0.1, 0.15) is 12.6 Å². The van der Waals surface area contributed by atoms with Gasteiger partial charge in [0.15, 0.2) is 0 Å². The van der Waals surface area contributed by atoms with E-state index in [0.717, 1.165) is 21.7 Å². The van der Waals surface area contributed by atoms with Crippen LogP contribution in [0.3, 0.4) is 0 Å². The van der Waals surface area contributed by atoms with Crippen LogP contribution >= 0.6 is 0 Å². The van der Waals surface area contributed by atoms with E-state index < -0.39 is 41.7 Å². The molecule has 1 saturated heterocycles. The summed E-state index contributed by atoms with van der Waals surface area (Å²) in [6, 6.07) is 1.21. The van der Waals surface area contributed by atoms with Crippen LogP contribution in [0.15, 0.2) is 21.7 Å². The van der Waals surface area contributed by atoms with E-state index in [4.69, 9.17) is 0 Å². The molecule has 2 unspecified atom stereocenters. The fourth-order valence-corrected chi connectivity index (χ4v) is 2.25. The SMILES string of the molecule is COC(=O)C1CC(O)CN1C(=O)Cn1[nH]c(=O)ccc1=O. The Morgan fingerprint density at radius 2 is 2.14 bits per heavy atom. The number of hydrogen-bond acceptors (Lipinski definition) is 6. The number of aliphatic hydroxyl groups excluding tert-OH is 1. The van der Waals surface area contributed by atoms with Gasteiger partial charge in [0.2, 0.25) is 5.91 Å². The monoisotopic (exact) mass is 297 g/mol. The molecule has 9 heteroatoms. The number of β-amino-alcohol motifs (C(OH)–C–C–N with tert-alkyl or cyclic N) is 1. The number of carbonyl (C=O) groups is 2. The summed E-state index contributed by atoms with van der Waals surface area (Å²) in [4.78, 5) is 47.6. The first kappa shape index (κ1) is 15.0. The second-order valence-electron chi connectivity index (χ2n) is 4.71. The van der Waals surface area contributed by atoms with Gasteiger partial charge in [-0.3, -0.25) is 19.5 Å². The van der Waals surface area contributed by atoms with E-state index in [1.165, 1.54) is 7.11 Å². The molecule has 21 heavy (non-hydrogen) atoms. The number of ether oxygens (including phenoxy) is 1. The third-order valence-electron chi connectivity index (χ3n) is 3.25. The normalized spacial score (nSPS) is 21.3. The fraction of sp³-hybridized carbons (Fsp3) is 0.500. The molecule has 0 aliphatic carbocycles. The Hall–Kier alpha value is -2.42. The first-order valence-electron chi connectivity index (χ1n) is 6.28. The molecule has 1 amide bonds. The molecule has 2 heterocycles. The highest BCUT2D eigenvalue weighted by Gasteiger charge is 2.39. The van der Waals surface area contributed by atoms with E-state index in [1.54, 1.807) is 0 Å². The molecule has 0 saturated carbocycles. The first-order chi connectivity index (χ1) is 9.92. The van der Waals surface area contributed by atoms with Crippen molar-refractivity contribution in [2.45, 2.75) is 25.1 Å². The van der Waals surface area contributed by atoms with Crippen LogP contribution in [0.25, 0.3) is 0 Å². The number of hydrogen-bond donors (Lipinski definition) is 2. The molecule has 1 aromatic rings. The van der Waals surface area contributed by atoms with Crippen LogP contribution in [0, 0.1) is 0 Å². The molecular formula is C12H15N3O6. The Kier molecular flexibility index (Phi) is 4.22. The maximum absolute atomic E-state index is 12.2.